The molecule has 36 heavy (non-hydrogen) atoms. The predicted molar refractivity (Wildman–Crippen MR) is 139 cm³/mol. The van der Waals surface area contributed by atoms with Gasteiger partial charge >= 0.3 is 6.03 Å². The van der Waals surface area contributed by atoms with Crippen LogP contribution in [0.3, 0.4) is 0 Å². The second-order valence-electron chi connectivity index (χ2n) is 9.33. The minimum Gasteiger partial charge on any atom is -0.485 e. The number of carbonyl (C=O) groups excluding carboxylic acids is 2. The van der Waals surface area contributed by atoms with Gasteiger partial charge in [-0.2, -0.15) is 0 Å². The topological polar surface area (TPSA) is 128 Å². The van der Waals surface area contributed by atoms with Crippen LogP contribution in [-0.4, -0.2) is 80.2 Å². The molecule has 2 aromatic rings. The number of ether oxygens (including phenoxy) is 1. The number of para-hydroxylation sites is 1. The van der Waals surface area contributed by atoms with E-state index in [1.165, 1.54) is 17.0 Å². The zero-order chi connectivity index (χ0) is 26.6. The highest BCUT2D eigenvalue weighted by molar-refractivity contribution is 7.94. The average molecular weight is 539 g/mol. The van der Waals surface area contributed by atoms with E-state index >= 15 is 0 Å². The Labute approximate surface area is 216 Å². The highest BCUT2D eigenvalue weighted by Gasteiger charge is 2.35. The molecule has 198 valence electrons. The van der Waals surface area contributed by atoms with Crippen molar-refractivity contribution in [2.45, 2.75) is 50.1 Å². The van der Waals surface area contributed by atoms with E-state index < -0.39 is 22.2 Å². The van der Waals surface area contributed by atoms with Gasteiger partial charge in [0.15, 0.2) is 5.75 Å². The predicted octanol–water partition coefficient (Wildman–Crippen LogP) is 2.82. The molecule has 1 aromatic heterocycles. The lowest BCUT2D eigenvalue weighted by Crippen LogP contribution is -2.51. The number of thiophene rings is 1. The molecular formula is C24H34N4O6S2. The summed E-state index contributed by atoms with van der Waals surface area (Å²) in [5.41, 5.74) is 0.298. The Morgan fingerprint density at radius 2 is 2.00 bits per heavy atom. The van der Waals surface area contributed by atoms with Crippen molar-refractivity contribution in [3.63, 3.8) is 0 Å². The second kappa shape index (κ2) is 11.5. The monoisotopic (exact) mass is 538 g/mol. The van der Waals surface area contributed by atoms with Crippen molar-refractivity contribution in [3.8, 4) is 5.75 Å². The van der Waals surface area contributed by atoms with Crippen molar-refractivity contribution in [2.24, 2.45) is 5.92 Å². The molecular weight excluding hydrogens is 504 g/mol. The van der Waals surface area contributed by atoms with Crippen LogP contribution in [-0.2, 0) is 10.0 Å². The Bertz CT molecular complexity index is 1170. The first kappa shape index (κ1) is 27.8. The van der Waals surface area contributed by atoms with E-state index in [2.05, 4.69) is 10.0 Å². The number of rotatable bonds is 8. The van der Waals surface area contributed by atoms with Gasteiger partial charge in [0.1, 0.15) is 10.3 Å². The molecule has 1 aromatic carbocycles. The summed E-state index contributed by atoms with van der Waals surface area (Å²) in [5.74, 6) is -0.528. The van der Waals surface area contributed by atoms with Gasteiger partial charge in [0.05, 0.1) is 30.4 Å². The van der Waals surface area contributed by atoms with Crippen LogP contribution in [0.1, 0.15) is 38.1 Å². The van der Waals surface area contributed by atoms with Crippen molar-refractivity contribution < 1.29 is 27.9 Å². The van der Waals surface area contributed by atoms with Crippen LogP contribution in [0.2, 0.25) is 0 Å². The number of sulfonamides is 1. The highest BCUT2D eigenvalue weighted by Crippen LogP contribution is 2.36. The Morgan fingerprint density at radius 3 is 2.61 bits per heavy atom. The minimum absolute atomic E-state index is 0.0480. The number of nitrogens with zero attached hydrogens (tertiary/aromatic N) is 2. The largest absolute Gasteiger partial charge is 0.485 e. The summed E-state index contributed by atoms with van der Waals surface area (Å²) in [6.07, 6.45) is -0.569. The van der Waals surface area contributed by atoms with Crippen LogP contribution in [0.25, 0.3) is 0 Å². The summed E-state index contributed by atoms with van der Waals surface area (Å²) in [5, 5.41) is 14.3. The van der Waals surface area contributed by atoms with Crippen molar-refractivity contribution in [1.82, 2.24) is 15.1 Å². The van der Waals surface area contributed by atoms with Crippen LogP contribution in [0, 0.1) is 5.92 Å². The molecule has 1 aliphatic rings. The summed E-state index contributed by atoms with van der Waals surface area (Å²) in [6, 6.07) is 7.02. The summed E-state index contributed by atoms with van der Waals surface area (Å²) in [4.78, 5) is 29.1. The molecule has 3 rings (SSSR count). The number of aliphatic hydroxyl groups excluding tert-OH is 1. The molecule has 1 aliphatic heterocycles. The summed E-state index contributed by atoms with van der Waals surface area (Å²) < 4.78 is 35.0. The number of fused-ring (bicyclic) bond motifs is 1. The van der Waals surface area contributed by atoms with E-state index in [9.17, 15) is 23.1 Å². The molecule has 0 saturated heterocycles. The number of likely N-dealkylation sites (N-methyl/N-ethyl adjacent to an activating group) is 1. The third kappa shape index (κ3) is 6.29. The molecule has 0 bridgehead atoms. The van der Waals surface area contributed by atoms with Gasteiger partial charge in [-0.15, -0.1) is 11.3 Å². The van der Waals surface area contributed by atoms with Gasteiger partial charge in [-0.25, -0.2) is 13.2 Å². The number of aliphatic hydroxyl groups is 1. The summed E-state index contributed by atoms with van der Waals surface area (Å²) in [7, 11) is -2.26. The molecule has 3 atom stereocenters. The smallest absolute Gasteiger partial charge is 0.317 e. The van der Waals surface area contributed by atoms with Crippen molar-refractivity contribution in [1.29, 1.82) is 0 Å². The van der Waals surface area contributed by atoms with Crippen LogP contribution < -0.4 is 14.8 Å². The maximum atomic E-state index is 13.5. The first-order valence-corrected chi connectivity index (χ1v) is 14.1. The van der Waals surface area contributed by atoms with Crippen LogP contribution in [0.5, 0.6) is 5.75 Å². The molecule has 0 radical (unpaired) electrons. The number of hydrogen-bond acceptors (Lipinski definition) is 7. The van der Waals surface area contributed by atoms with Gasteiger partial charge in [-0.1, -0.05) is 19.1 Å². The molecule has 12 heteroatoms. The van der Waals surface area contributed by atoms with Gasteiger partial charge in [0, 0.05) is 25.6 Å². The SMILES string of the molecule is CC(C)NC(=O)N(C)C[C@H]1Oc2c(NS(=O)(=O)c3cccs3)cccc2C(=O)N([C@H](C)CO)C[C@H]1C. The number of nitrogens with one attached hydrogen (secondary N) is 2. The van der Waals surface area contributed by atoms with Gasteiger partial charge < -0.3 is 25.0 Å². The maximum Gasteiger partial charge on any atom is 0.317 e. The minimum atomic E-state index is -3.91. The molecule has 0 saturated carbocycles. The average Bonchev–Trinajstić information content (AvgIpc) is 3.36. The Balaban J connectivity index is 2.04. The summed E-state index contributed by atoms with van der Waals surface area (Å²) >= 11 is 1.07. The van der Waals surface area contributed by atoms with Crippen molar-refractivity contribution in [2.75, 3.05) is 31.5 Å². The molecule has 0 unspecified atom stereocenters. The number of amides is 3. The number of urea groups is 1. The van der Waals surface area contributed by atoms with Gasteiger partial charge in [0.2, 0.25) is 0 Å². The fourth-order valence-corrected chi connectivity index (χ4v) is 5.92. The van der Waals surface area contributed by atoms with E-state index in [-0.39, 0.29) is 64.8 Å². The van der Waals surface area contributed by atoms with E-state index in [4.69, 9.17) is 4.74 Å². The molecule has 0 aliphatic carbocycles. The van der Waals surface area contributed by atoms with Crippen molar-refractivity contribution >= 4 is 39.0 Å². The molecule has 10 nitrogen and oxygen atoms in total. The van der Waals surface area contributed by atoms with E-state index in [1.807, 2.05) is 20.8 Å². The molecule has 3 amide bonds. The first-order chi connectivity index (χ1) is 16.9. The van der Waals surface area contributed by atoms with Crippen LogP contribution in [0.15, 0.2) is 39.9 Å². The fourth-order valence-electron chi connectivity index (χ4n) is 3.86. The third-order valence-corrected chi connectivity index (χ3v) is 8.67. The lowest BCUT2D eigenvalue weighted by Gasteiger charge is -2.38. The lowest BCUT2D eigenvalue weighted by molar-refractivity contribution is 0.0369. The van der Waals surface area contributed by atoms with Crippen LogP contribution in [0.4, 0.5) is 10.5 Å². The molecule has 3 N–H and O–H groups in total. The van der Waals surface area contributed by atoms with Crippen LogP contribution >= 0.6 is 11.3 Å². The Kier molecular flexibility index (Phi) is 8.85. The number of anilines is 1. The van der Waals surface area contributed by atoms with Gasteiger partial charge in [-0.3, -0.25) is 9.52 Å². The second-order valence-corrected chi connectivity index (χ2v) is 12.2. The zero-order valence-corrected chi connectivity index (χ0v) is 22.7. The number of carbonyl (C=O) groups is 2. The first-order valence-electron chi connectivity index (χ1n) is 11.7. The fraction of sp³-hybridized carbons (Fsp3) is 0.500. The van der Waals surface area contributed by atoms with E-state index in [0.717, 1.165) is 11.3 Å². The van der Waals surface area contributed by atoms with Gasteiger partial charge in [0.25, 0.3) is 15.9 Å². The maximum absolute atomic E-state index is 13.5. The normalized spacial score (nSPS) is 19.1. The quantitative estimate of drug-likeness (QED) is 0.474. The Morgan fingerprint density at radius 1 is 1.28 bits per heavy atom. The highest BCUT2D eigenvalue weighted by atomic mass is 32.2. The van der Waals surface area contributed by atoms with E-state index in [1.54, 1.807) is 42.5 Å². The molecule has 2 heterocycles. The zero-order valence-electron chi connectivity index (χ0n) is 21.1. The lowest BCUT2D eigenvalue weighted by atomic mass is 9.99. The number of benzene rings is 1. The standard InChI is InChI=1S/C24H34N4O6S2/c1-15(2)25-24(31)27(5)13-20-16(3)12-28(17(4)14-29)23(30)18-8-6-9-19(22(18)34-20)26-36(32,33)21-10-7-11-35-21/h6-11,15-17,20,26,29H,12-14H2,1-5H3,(H,25,31)/t16-,17-,20-/m1/s1. The van der Waals surface area contributed by atoms with E-state index in [0.29, 0.717) is 0 Å². The van der Waals surface area contributed by atoms with Crippen molar-refractivity contribution in [3.05, 3.63) is 41.3 Å². The molecule has 0 spiro atoms. The molecule has 0 fully saturated rings. The summed E-state index contributed by atoms with van der Waals surface area (Å²) in [6.45, 7) is 7.61. The Hall–Kier alpha value is -2.83. The number of hydrogen-bond donors (Lipinski definition) is 3. The third-order valence-electron chi connectivity index (χ3n) is 5.91. The van der Waals surface area contributed by atoms with Gasteiger partial charge in [-0.05, 0) is 44.4 Å².